The van der Waals surface area contributed by atoms with Crippen molar-refractivity contribution in [3.8, 4) is 6.07 Å². The van der Waals surface area contributed by atoms with Crippen molar-refractivity contribution in [1.82, 2.24) is 10.2 Å². The first-order valence-electron chi connectivity index (χ1n) is 8.18. The van der Waals surface area contributed by atoms with Crippen LogP contribution in [0.3, 0.4) is 0 Å². The zero-order valence-electron chi connectivity index (χ0n) is 13.2. The van der Waals surface area contributed by atoms with Gasteiger partial charge in [0.15, 0.2) is 0 Å². The predicted octanol–water partition coefficient (Wildman–Crippen LogP) is 1.29. The van der Waals surface area contributed by atoms with Crippen molar-refractivity contribution >= 4 is 0 Å². The van der Waals surface area contributed by atoms with E-state index >= 15 is 0 Å². The van der Waals surface area contributed by atoms with Crippen LogP contribution >= 0.6 is 0 Å². The molecule has 5 nitrogen and oxygen atoms in total. The summed E-state index contributed by atoms with van der Waals surface area (Å²) < 4.78 is 11.1. The van der Waals surface area contributed by atoms with Crippen LogP contribution in [0.4, 0.5) is 0 Å². The van der Waals surface area contributed by atoms with Crippen LogP contribution < -0.4 is 5.32 Å². The van der Waals surface area contributed by atoms with Crippen LogP contribution in [-0.2, 0) is 9.47 Å². The number of hydrogen-bond acceptors (Lipinski definition) is 5. The van der Waals surface area contributed by atoms with Crippen molar-refractivity contribution in [2.24, 2.45) is 0 Å². The van der Waals surface area contributed by atoms with Crippen LogP contribution in [0.15, 0.2) is 0 Å². The summed E-state index contributed by atoms with van der Waals surface area (Å²) in [7, 11) is 3.52. The maximum absolute atomic E-state index is 9.69. The number of likely N-dealkylation sites (tertiary alicyclic amines) is 1. The molecule has 4 atom stereocenters. The first-order chi connectivity index (χ1) is 10.2. The zero-order valence-corrected chi connectivity index (χ0v) is 13.2. The molecule has 4 unspecified atom stereocenters. The van der Waals surface area contributed by atoms with E-state index in [-0.39, 0.29) is 17.7 Å². The van der Waals surface area contributed by atoms with Gasteiger partial charge in [-0.3, -0.25) is 10.2 Å². The summed E-state index contributed by atoms with van der Waals surface area (Å²) in [6.07, 6.45) is 7.02. The van der Waals surface area contributed by atoms with E-state index in [1.807, 2.05) is 0 Å². The molecule has 0 amide bonds. The van der Waals surface area contributed by atoms with Gasteiger partial charge in [0.1, 0.15) is 5.54 Å². The van der Waals surface area contributed by atoms with Crippen LogP contribution in [0.1, 0.15) is 38.5 Å². The van der Waals surface area contributed by atoms with Crippen LogP contribution in [0.25, 0.3) is 0 Å². The molecule has 1 N–H and O–H groups in total. The Morgan fingerprint density at radius 3 is 2.33 bits per heavy atom. The number of hydrogen-bond donors (Lipinski definition) is 1. The van der Waals surface area contributed by atoms with E-state index < -0.39 is 0 Å². The smallest absolute Gasteiger partial charge is 0.108 e. The molecule has 0 aromatic rings. The maximum Gasteiger partial charge on any atom is 0.108 e. The largest absolute Gasteiger partial charge is 0.377 e. The summed E-state index contributed by atoms with van der Waals surface area (Å²) in [6, 6.07) is 3.65. The van der Waals surface area contributed by atoms with Gasteiger partial charge in [-0.2, -0.15) is 5.26 Å². The molecule has 3 fully saturated rings. The van der Waals surface area contributed by atoms with E-state index in [4.69, 9.17) is 9.47 Å². The third-order valence-electron chi connectivity index (χ3n) is 5.36. The van der Waals surface area contributed by atoms with Gasteiger partial charge in [-0.15, -0.1) is 0 Å². The van der Waals surface area contributed by atoms with Crippen LogP contribution in [0.5, 0.6) is 0 Å². The molecule has 0 bridgehead atoms. The van der Waals surface area contributed by atoms with Gasteiger partial charge >= 0.3 is 0 Å². The number of nitrogens with zero attached hydrogens (tertiary/aromatic N) is 2. The fourth-order valence-electron chi connectivity index (χ4n) is 3.96. The Kier molecular flexibility index (Phi) is 4.51. The minimum atomic E-state index is -0.308. The Hall–Kier alpha value is -0.670. The van der Waals surface area contributed by atoms with Crippen molar-refractivity contribution < 1.29 is 9.47 Å². The monoisotopic (exact) mass is 293 g/mol. The second-order valence-corrected chi connectivity index (χ2v) is 6.86. The van der Waals surface area contributed by atoms with Crippen molar-refractivity contribution in [3.05, 3.63) is 0 Å². The van der Waals surface area contributed by atoms with Gasteiger partial charge in [-0.1, -0.05) is 0 Å². The predicted molar refractivity (Wildman–Crippen MR) is 79.9 cm³/mol. The Labute approximate surface area is 127 Å². The first-order valence-corrected chi connectivity index (χ1v) is 8.18. The van der Waals surface area contributed by atoms with Gasteiger partial charge in [-0.25, -0.2) is 0 Å². The van der Waals surface area contributed by atoms with E-state index in [1.165, 1.54) is 19.3 Å². The zero-order chi connectivity index (χ0) is 14.9. The van der Waals surface area contributed by atoms with Crippen LogP contribution in [0, 0.1) is 11.3 Å². The topological polar surface area (TPSA) is 57.5 Å². The van der Waals surface area contributed by atoms with Gasteiger partial charge in [0.05, 0.1) is 18.3 Å². The Morgan fingerprint density at radius 1 is 1.14 bits per heavy atom. The summed E-state index contributed by atoms with van der Waals surface area (Å²) in [5, 5.41) is 13.3. The van der Waals surface area contributed by atoms with Gasteiger partial charge in [0, 0.05) is 39.4 Å². The highest BCUT2D eigenvalue weighted by Gasteiger charge is 2.44. The van der Waals surface area contributed by atoms with Gasteiger partial charge in [-0.05, 0) is 38.5 Å². The first kappa shape index (κ1) is 15.2. The molecule has 3 rings (SSSR count). The standard InChI is InChI=1S/C16H27N3O2/c1-20-14-9-19(10-15(14)21-2)13-4-3-7-16(8-13,11-17)18-12-5-6-12/h12-15,18H,3-10H2,1-2H3. The van der Waals surface area contributed by atoms with E-state index in [9.17, 15) is 5.26 Å². The number of nitrogens with one attached hydrogen (secondary N) is 1. The number of methoxy groups -OCH3 is 2. The molecule has 0 aromatic heterocycles. The molecule has 1 saturated heterocycles. The highest BCUT2D eigenvalue weighted by atomic mass is 16.5. The molecular weight excluding hydrogens is 266 g/mol. The fraction of sp³-hybridized carbons (Fsp3) is 0.938. The SMILES string of the molecule is COC1CN(C2CCCC(C#N)(NC3CC3)C2)CC1OC. The Bertz CT molecular complexity index is 395. The third-order valence-corrected chi connectivity index (χ3v) is 5.36. The van der Waals surface area contributed by atoms with E-state index in [0.717, 1.165) is 32.4 Å². The molecule has 1 heterocycles. The van der Waals surface area contributed by atoms with Crippen LogP contribution in [-0.4, -0.2) is 62.0 Å². The van der Waals surface area contributed by atoms with Gasteiger partial charge in [0.2, 0.25) is 0 Å². The van der Waals surface area contributed by atoms with Crippen molar-refractivity contribution in [2.75, 3.05) is 27.3 Å². The normalized spacial score (nSPS) is 41.1. The van der Waals surface area contributed by atoms with Crippen molar-refractivity contribution in [2.45, 2.75) is 68.4 Å². The van der Waals surface area contributed by atoms with Gasteiger partial charge in [0.25, 0.3) is 0 Å². The summed E-state index contributed by atoms with van der Waals surface area (Å²) in [4.78, 5) is 2.47. The van der Waals surface area contributed by atoms with Gasteiger partial charge < -0.3 is 9.47 Å². The third kappa shape index (κ3) is 3.24. The van der Waals surface area contributed by atoms with E-state index in [2.05, 4.69) is 16.3 Å². The minimum Gasteiger partial charge on any atom is -0.377 e. The molecular formula is C16H27N3O2. The lowest BCUT2D eigenvalue weighted by molar-refractivity contribution is -0.00461. The molecule has 1 aliphatic heterocycles. The maximum atomic E-state index is 9.69. The molecule has 0 radical (unpaired) electrons. The molecule has 0 aromatic carbocycles. The average Bonchev–Trinajstić information content (AvgIpc) is 3.22. The Morgan fingerprint density at radius 2 is 1.81 bits per heavy atom. The minimum absolute atomic E-state index is 0.157. The lowest BCUT2D eigenvalue weighted by atomic mass is 9.79. The highest BCUT2D eigenvalue weighted by Crippen LogP contribution is 2.35. The molecule has 2 aliphatic carbocycles. The number of rotatable bonds is 5. The number of nitriles is 1. The summed E-state index contributed by atoms with van der Waals surface area (Å²) >= 11 is 0. The summed E-state index contributed by atoms with van der Waals surface area (Å²) in [5.74, 6) is 0. The average molecular weight is 293 g/mol. The Balaban J connectivity index is 1.64. The van der Waals surface area contributed by atoms with Crippen molar-refractivity contribution in [1.29, 1.82) is 5.26 Å². The molecule has 0 spiro atoms. The van der Waals surface area contributed by atoms with Crippen molar-refractivity contribution in [3.63, 3.8) is 0 Å². The van der Waals surface area contributed by atoms with E-state index in [0.29, 0.717) is 12.1 Å². The second kappa shape index (κ2) is 6.21. The highest BCUT2D eigenvalue weighted by molar-refractivity contribution is 5.14. The molecule has 5 heteroatoms. The van der Waals surface area contributed by atoms with E-state index in [1.54, 1.807) is 14.2 Å². The molecule has 2 saturated carbocycles. The lowest BCUT2D eigenvalue weighted by Crippen LogP contribution is -2.53. The molecule has 3 aliphatic rings. The summed E-state index contributed by atoms with van der Waals surface area (Å²) in [5.41, 5.74) is -0.308. The quantitative estimate of drug-likeness (QED) is 0.828. The fourth-order valence-corrected chi connectivity index (χ4v) is 3.96. The number of ether oxygens (including phenoxy) is 2. The molecule has 118 valence electrons. The van der Waals surface area contributed by atoms with Crippen LogP contribution in [0.2, 0.25) is 0 Å². The second-order valence-electron chi connectivity index (χ2n) is 6.86. The summed E-state index contributed by atoms with van der Waals surface area (Å²) in [6.45, 7) is 1.84. The lowest BCUT2D eigenvalue weighted by Gasteiger charge is -2.40. The molecule has 21 heavy (non-hydrogen) atoms.